The van der Waals surface area contributed by atoms with E-state index >= 15 is 0 Å². The summed E-state index contributed by atoms with van der Waals surface area (Å²) in [6, 6.07) is 19.0. The van der Waals surface area contributed by atoms with E-state index in [0.717, 1.165) is 37.6 Å². The van der Waals surface area contributed by atoms with Gasteiger partial charge in [-0.1, -0.05) is 54.1 Å². The van der Waals surface area contributed by atoms with Crippen LogP contribution in [0.3, 0.4) is 0 Å². The maximum absolute atomic E-state index is 6.05. The van der Waals surface area contributed by atoms with Crippen molar-refractivity contribution in [2.75, 3.05) is 19.7 Å². The van der Waals surface area contributed by atoms with E-state index in [1.165, 1.54) is 24.0 Å². The molecular weight excluding hydrogens is 318 g/mol. The third-order valence-corrected chi connectivity index (χ3v) is 4.98. The molecule has 128 valence electrons. The Balaban J connectivity index is 1.57. The minimum atomic E-state index is 0.410. The van der Waals surface area contributed by atoms with Crippen LogP contribution in [0.4, 0.5) is 0 Å². The number of ether oxygens (including phenoxy) is 1. The molecule has 0 bridgehead atoms. The summed E-state index contributed by atoms with van der Waals surface area (Å²) in [5.41, 5.74) is 2.75. The highest BCUT2D eigenvalue weighted by Gasteiger charge is 2.16. The van der Waals surface area contributed by atoms with Crippen molar-refractivity contribution in [2.45, 2.75) is 37.7 Å². The molecule has 0 saturated carbocycles. The Hall–Kier alpha value is -1.35. The molecule has 2 atom stereocenters. The number of benzene rings is 2. The molecular formula is C21H26ClNO. The second kappa shape index (κ2) is 9.22. The van der Waals surface area contributed by atoms with Crippen molar-refractivity contribution in [1.29, 1.82) is 0 Å². The van der Waals surface area contributed by atoms with Crippen molar-refractivity contribution in [3.63, 3.8) is 0 Å². The molecule has 0 unspecified atom stereocenters. The molecule has 0 radical (unpaired) electrons. The fourth-order valence-corrected chi connectivity index (χ4v) is 3.49. The van der Waals surface area contributed by atoms with E-state index in [1.807, 2.05) is 12.1 Å². The lowest BCUT2D eigenvalue weighted by Gasteiger charge is -2.19. The third kappa shape index (κ3) is 5.34. The quantitative estimate of drug-likeness (QED) is 0.693. The van der Waals surface area contributed by atoms with Crippen LogP contribution in [-0.2, 0) is 11.2 Å². The van der Waals surface area contributed by atoms with Crippen LogP contribution in [0.15, 0.2) is 54.6 Å². The number of halogens is 1. The lowest BCUT2D eigenvalue weighted by atomic mass is 9.89. The molecule has 0 amide bonds. The summed E-state index contributed by atoms with van der Waals surface area (Å²) in [6.45, 7) is 2.91. The smallest absolute Gasteiger partial charge is 0.0700 e. The zero-order valence-electron chi connectivity index (χ0n) is 14.1. The van der Waals surface area contributed by atoms with Gasteiger partial charge in [-0.15, -0.1) is 0 Å². The van der Waals surface area contributed by atoms with E-state index in [-0.39, 0.29) is 0 Å². The van der Waals surface area contributed by atoms with Gasteiger partial charge in [-0.2, -0.15) is 0 Å². The maximum Gasteiger partial charge on any atom is 0.0700 e. The maximum atomic E-state index is 6.05. The minimum absolute atomic E-state index is 0.410. The first-order valence-corrected chi connectivity index (χ1v) is 9.31. The van der Waals surface area contributed by atoms with Gasteiger partial charge in [0, 0.05) is 18.2 Å². The van der Waals surface area contributed by atoms with Crippen LogP contribution in [-0.4, -0.2) is 25.8 Å². The summed E-state index contributed by atoms with van der Waals surface area (Å²) in [7, 11) is 0. The predicted molar refractivity (Wildman–Crippen MR) is 101 cm³/mol. The number of rotatable bonds is 8. The molecule has 3 rings (SSSR count). The van der Waals surface area contributed by atoms with Crippen LogP contribution >= 0.6 is 11.6 Å². The van der Waals surface area contributed by atoms with Gasteiger partial charge in [-0.05, 0) is 61.4 Å². The topological polar surface area (TPSA) is 21.3 Å². The van der Waals surface area contributed by atoms with Crippen molar-refractivity contribution in [3.05, 3.63) is 70.7 Å². The van der Waals surface area contributed by atoms with Gasteiger partial charge < -0.3 is 10.1 Å². The Kier molecular flexibility index (Phi) is 6.71. The molecule has 1 aliphatic heterocycles. The van der Waals surface area contributed by atoms with E-state index in [1.54, 1.807) is 0 Å². The van der Waals surface area contributed by atoms with Crippen LogP contribution in [0.25, 0.3) is 0 Å². The van der Waals surface area contributed by atoms with Crippen LogP contribution in [0, 0.1) is 0 Å². The van der Waals surface area contributed by atoms with E-state index in [2.05, 4.69) is 47.8 Å². The molecule has 2 nitrogen and oxygen atoms in total. The Morgan fingerprint density at radius 2 is 1.88 bits per heavy atom. The first-order chi connectivity index (χ1) is 11.8. The van der Waals surface area contributed by atoms with Crippen molar-refractivity contribution >= 4 is 11.6 Å². The van der Waals surface area contributed by atoms with Gasteiger partial charge in [0.1, 0.15) is 0 Å². The Morgan fingerprint density at radius 3 is 2.58 bits per heavy atom. The average Bonchev–Trinajstić information content (AvgIpc) is 3.13. The van der Waals surface area contributed by atoms with Gasteiger partial charge in [0.2, 0.25) is 0 Å². The zero-order valence-corrected chi connectivity index (χ0v) is 14.8. The summed E-state index contributed by atoms with van der Waals surface area (Å²) in [4.78, 5) is 0. The molecule has 0 aromatic heterocycles. The summed E-state index contributed by atoms with van der Waals surface area (Å²) in [6.07, 6.45) is 4.98. The van der Waals surface area contributed by atoms with E-state index in [9.17, 15) is 0 Å². The van der Waals surface area contributed by atoms with Crippen LogP contribution in [0.2, 0.25) is 5.02 Å². The molecule has 2 aromatic rings. The van der Waals surface area contributed by atoms with Gasteiger partial charge in [-0.25, -0.2) is 0 Å². The fourth-order valence-electron chi connectivity index (χ4n) is 3.36. The Morgan fingerprint density at radius 1 is 1.08 bits per heavy atom. The van der Waals surface area contributed by atoms with Gasteiger partial charge in [0.25, 0.3) is 0 Å². The van der Waals surface area contributed by atoms with Crippen molar-refractivity contribution in [1.82, 2.24) is 5.32 Å². The molecule has 1 aliphatic rings. The Labute approximate surface area is 150 Å². The van der Waals surface area contributed by atoms with Gasteiger partial charge in [-0.3, -0.25) is 0 Å². The van der Waals surface area contributed by atoms with Gasteiger partial charge in [0.05, 0.1) is 6.10 Å². The molecule has 3 heteroatoms. The van der Waals surface area contributed by atoms with Gasteiger partial charge >= 0.3 is 0 Å². The summed E-state index contributed by atoms with van der Waals surface area (Å²) in [5.74, 6) is 0.502. The van der Waals surface area contributed by atoms with Crippen molar-refractivity contribution in [3.8, 4) is 0 Å². The van der Waals surface area contributed by atoms with Gasteiger partial charge in [0.15, 0.2) is 0 Å². The molecule has 0 spiro atoms. The minimum Gasteiger partial charge on any atom is -0.377 e. The molecule has 1 heterocycles. The number of hydrogen-bond acceptors (Lipinski definition) is 2. The lowest BCUT2D eigenvalue weighted by molar-refractivity contribution is 0.110. The summed E-state index contributed by atoms with van der Waals surface area (Å²) >= 11 is 6.05. The lowest BCUT2D eigenvalue weighted by Crippen LogP contribution is -2.28. The molecule has 0 aliphatic carbocycles. The monoisotopic (exact) mass is 343 g/mol. The van der Waals surface area contributed by atoms with E-state index < -0.39 is 0 Å². The fraction of sp³-hybridized carbons (Fsp3) is 0.429. The van der Waals surface area contributed by atoms with E-state index in [4.69, 9.17) is 16.3 Å². The van der Waals surface area contributed by atoms with Crippen LogP contribution < -0.4 is 5.32 Å². The highest BCUT2D eigenvalue weighted by molar-refractivity contribution is 6.30. The molecule has 24 heavy (non-hydrogen) atoms. The van der Waals surface area contributed by atoms with Crippen molar-refractivity contribution < 1.29 is 4.74 Å². The SMILES string of the molecule is Clc1ccc([C@@H](CCNC[C@H]2CCCO2)Cc2ccccc2)cc1. The first kappa shape index (κ1) is 17.5. The summed E-state index contributed by atoms with van der Waals surface area (Å²) < 4.78 is 5.68. The zero-order chi connectivity index (χ0) is 16.6. The first-order valence-electron chi connectivity index (χ1n) is 8.93. The van der Waals surface area contributed by atoms with Crippen LogP contribution in [0.5, 0.6) is 0 Å². The number of hydrogen-bond donors (Lipinski definition) is 1. The normalized spacial score (nSPS) is 18.6. The van der Waals surface area contributed by atoms with E-state index in [0.29, 0.717) is 12.0 Å². The highest BCUT2D eigenvalue weighted by Crippen LogP contribution is 2.25. The second-order valence-corrected chi connectivity index (χ2v) is 7.00. The standard InChI is InChI=1S/C21H26ClNO/c22-20-10-8-18(9-11-20)19(15-17-5-2-1-3-6-17)12-13-23-16-21-7-4-14-24-21/h1-3,5-6,8-11,19,21,23H,4,7,12-16H2/t19-,21+/m0/s1. The summed E-state index contributed by atoms with van der Waals surface area (Å²) in [5, 5.41) is 4.37. The second-order valence-electron chi connectivity index (χ2n) is 6.57. The largest absolute Gasteiger partial charge is 0.377 e. The Bertz CT molecular complexity index is 593. The van der Waals surface area contributed by atoms with Crippen LogP contribution in [0.1, 0.15) is 36.3 Å². The molecule has 1 saturated heterocycles. The average molecular weight is 344 g/mol. The number of nitrogens with one attached hydrogen (secondary N) is 1. The predicted octanol–water partition coefficient (Wildman–Crippen LogP) is 4.83. The molecule has 1 N–H and O–H groups in total. The third-order valence-electron chi connectivity index (χ3n) is 4.73. The molecule has 2 aromatic carbocycles. The van der Waals surface area contributed by atoms with Crippen molar-refractivity contribution in [2.24, 2.45) is 0 Å². The highest BCUT2D eigenvalue weighted by atomic mass is 35.5. The molecule has 1 fully saturated rings.